The van der Waals surface area contributed by atoms with E-state index in [1.165, 1.54) is 0 Å². The zero-order chi connectivity index (χ0) is 17.9. The molecule has 1 aliphatic carbocycles. The van der Waals surface area contributed by atoms with E-state index in [0.717, 1.165) is 24.2 Å². The van der Waals surface area contributed by atoms with Crippen LogP contribution in [0.25, 0.3) is 0 Å². The first kappa shape index (κ1) is 17.2. The van der Waals surface area contributed by atoms with Crippen LogP contribution in [0.1, 0.15) is 34.7 Å². The molecule has 2 aromatic rings. The summed E-state index contributed by atoms with van der Waals surface area (Å²) in [7, 11) is 0. The number of aryl methyl sites for hydroxylation is 1. The first-order valence-corrected chi connectivity index (χ1v) is 9.27. The highest BCUT2D eigenvalue weighted by Gasteiger charge is 2.43. The van der Waals surface area contributed by atoms with E-state index in [1.807, 2.05) is 42.2 Å². The van der Waals surface area contributed by atoms with Crippen molar-refractivity contribution < 1.29 is 14.3 Å². The molecule has 2 fully saturated rings. The third-order valence-corrected chi connectivity index (χ3v) is 5.27. The highest BCUT2D eigenvalue weighted by Crippen LogP contribution is 2.35. The fourth-order valence-electron chi connectivity index (χ4n) is 4.07. The first-order valence-electron chi connectivity index (χ1n) is 9.27. The summed E-state index contributed by atoms with van der Waals surface area (Å²) in [5.41, 5.74) is 2.61. The number of aromatic nitrogens is 2. The van der Waals surface area contributed by atoms with E-state index in [0.29, 0.717) is 38.0 Å². The summed E-state index contributed by atoms with van der Waals surface area (Å²) in [5, 5.41) is 0. The number of hydrogen-bond acceptors (Lipinski definition) is 4. The summed E-state index contributed by atoms with van der Waals surface area (Å²) in [6.45, 7) is 4.45. The van der Waals surface area contributed by atoms with Crippen LogP contribution in [-0.4, -0.2) is 52.7 Å². The number of morpholine rings is 1. The van der Waals surface area contributed by atoms with Crippen molar-refractivity contribution in [2.75, 3.05) is 19.8 Å². The second kappa shape index (κ2) is 7.60. The second-order valence-electron chi connectivity index (χ2n) is 7.18. The fourth-order valence-corrected chi connectivity index (χ4v) is 4.07. The lowest BCUT2D eigenvalue weighted by Crippen LogP contribution is -2.51. The van der Waals surface area contributed by atoms with E-state index in [1.54, 1.807) is 6.20 Å². The van der Waals surface area contributed by atoms with Crippen LogP contribution in [0, 0.1) is 12.8 Å². The normalized spacial score (nSPS) is 25.3. The van der Waals surface area contributed by atoms with Crippen LogP contribution in [0.15, 0.2) is 36.5 Å². The number of aromatic amines is 1. The predicted molar refractivity (Wildman–Crippen MR) is 96.7 cm³/mol. The number of carbonyl (C=O) groups is 1. The quantitative estimate of drug-likeness (QED) is 0.895. The van der Waals surface area contributed by atoms with Crippen molar-refractivity contribution in [1.82, 2.24) is 14.9 Å². The van der Waals surface area contributed by atoms with E-state index in [4.69, 9.17) is 9.47 Å². The molecule has 1 aliphatic heterocycles. The van der Waals surface area contributed by atoms with Gasteiger partial charge in [-0.15, -0.1) is 0 Å². The maximum Gasteiger partial charge on any atom is 0.270 e. The van der Waals surface area contributed by atoms with Gasteiger partial charge in [0.1, 0.15) is 5.69 Å². The van der Waals surface area contributed by atoms with Gasteiger partial charge in [0.05, 0.1) is 37.7 Å². The van der Waals surface area contributed by atoms with Crippen LogP contribution in [0.5, 0.6) is 0 Å². The Labute approximate surface area is 153 Å². The van der Waals surface area contributed by atoms with E-state index in [9.17, 15) is 4.79 Å². The standard InChI is InChI=1S/C20H25N3O3/c1-14-4-2-5-16(22-14)13-25-12-15-10-18-19(11-15)26-9-8-23(18)20(24)17-6-3-7-21-17/h2-7,15,18-19,21H,8-13H2,1H3. The predicted octanol–water partition coefficient (Wildman–Crippen LogP) is 2.55. The molecule has 3 heterocycles. The lowest BCUT2D eigenvalue weighted by Gasteiger charge is -2.37. The summed E-state index contributed by atoms with van der Waals surface area (Å²) in [4.78, 5) is 22.2. The Morgan fingerprint density at radius 1 is 1.35 bits per heavy atom. The Balaban J connectivity index is 1.33. The zero-order valence-corrected chi connectivity index (χ0v) is 15.1. The number of carbonyl (C=O) groups excluding carboxylic acids is 1. The molecule has 1 amide bonds. The van der Waals surface area contributed by atoms with Crippen molar-refractivity contribution in [3.63, 3.8) is 0 Å². The maximum atomic E-state index is 12.7. The van der Waals surface area contributed by atoms with Crippen molar-refractivity contribution in [3.05, 3.63) is 53.6 Å². The third-order valence-electron chi connectivity index (χ3n) is 5.27. The smallest absolute Gasteiger partial charge is 0.270 e. The molecule has 0 aromatic carbocycles. The molecule has 0 spiro atoms. The monoisotopic (exact) mass is 355 g/mol. The number of amides is 1. The molecule has 3 unspecified atom stereocenters. The number of hydrogen-bond donors (Lipinski definition) is 1. The Morgan fingerprint density at radius 3 is 3.08 bits per heavy atom. The van der Waals surface area contributed by atoms with Crippen LogP contribution in [0.3, 0.4) is 0 Å². The molecule has 4 rings (SSSR count). The van der Waals surface area contributed by atoms with Crippen LogP contribution < -0.4 is 0 Å². The summed E-state index contributed by atoms with van der Waals surface area (Å²) < 4.78 is 11.8. The Morgan fingerprint density at radius 2 is 2.27 bits per heavy atom. The van der Waals surface area contributed by atoms with Gasteiger partial charge in [-0.2, -0.15) is 0 Å². The van der Waals surface area contributed by atoms with E-state index < -0.39 is 0 Å². The van der Waals surface area contributed by atoms with Crippen molar-refractivity contribution in [1.29, 1.82) is 0 Å². The van der Waals surface area contributed by atoms with Crippen molar-refractivity contribution >= 4 is 5.91 Å². The molecule has 1 saturated carbocycles. The number of fused-ring (bicyclic) bond motifs is 1. The SMILES string of the molecule is Cc1cccc(COCC2CC3OCCN(C(=O)c4ccc[nH]4)C3C2)n1. The largest absolute Gasteiger partial charge is 0.375 e. The molecule has 0 bridgehead atoms. The van der Waals surface area contributed by atoms with E-state index in [2.05, 4.69) is 9.97 Å². The Kier molecular flexibility index (Phi) is 5.04. The van der Waals surface area contributed by atoms with Crippen molar-refractivity contribution in [2.45, 2.75) is 38.5 Å². The number of nitrogens with zero attached hydrogens (tertiary/aromatic N) is 2. The lowest BCUT2D eigenvalue weighted by molar-refractivity contribution is -0.0452. The van der Waals surface area contributed by atoms with Crippen molar-refractivity contribution in [3.8, 4) is 0 Å². The number of pyridine rings is 1. The highest BCUT2D eigenvalue weighted by molar-refractivity contribution is 5.92. The van der Waals surface area contributed by atoms with Gasteiger partial charge in [0, 0.05) is 18.4 Å². The number of rotatable bonds is 5. The van der Waals surface area contributed by atoms with E-state index >= 15 is 0 Å². The minimum absolute atomic E-state index is 0.0684. The second-order valence-corrected chi connectivity index (χ2v) is 7.18. The Hall–Kier alpha value is -2.18. The summed E-state index contributed by atoms with van der Waals surface area (Å²) >= 11 is 0. The fraction of sp³-hybridized carbons (Fsp3) is 0.500. The summed E-state index contributed by atoms with van der Waals surface area (Å²) in [5.74, 6) is 0.477. The van der Waals surface area contributed by atoms with Gasteiger partial charge in [0.2, 0.25) is 0 Å². The van der Waals surface area contributed by atoms with Gasteiger partial charge in [-0.25, -0.2) is 0 Å². The molecule has 1 N–H and O–H groups in total. The average Bonchev–Trinajstić information content (AvgIpc) is 3.30. The summed E-state index contributed by atoms with van der Waals surface area (Å²) in [6.07, 6.45) is 3.78. The van der Waals surface area contributed by atoms with Gasteiger partial charge in [0.25, 0.3) is 5.91 Å². The molecular formula is C20H25N3O3. The number of H-pyrrole nitrogens is 1. The number of ether oxygens (including phenoxy) is 2. The Bertz CT molecular complexity index is 747. The summed E-state index contributed by atoms with van der Waals surface area (Å²) in [6, 6.07) is 9.81. The van der Waals surface area contributed by atoms with Gasteiger partial charge in [-0.05, 0) is 49.9 Å². The first-order chi connectivity index (χ1) is 12.7. The average molecular weight is 355 g/mol. The minimum Gasteiger partial charge on any atom is -0.375 e. The molecule has 2 aliphatic rings. The van der Waals surface area contributed by atoms with Crippen LogP contribution in [0.2, 0.25) is 0 Å². The molecule has 2 aromatic heterocycles. The highest BCUT2D eigenvalue weighted by atomic mass is 16.5. The maximum absolute atomic E-state index is 12.7. The van der Waals surface area contributed by atoms with Gasteiger partial charge < -0.3 is 19.4 Å². The molecule has 3 atom stereocenters. The van der Waals surface area contributed by atoms with Gasteiger partial charge in [0.15, 0.2) is 0 Å². The van der Waals surface area contributed by atoms with Gasteiger partial charge >= 0.3 is 0 Å². The number of nitrogens with one attached hydrogen (secondary N) is 1. The molecule has 26 heavy (non-hydrogen) atoms. The molecular weight excluding hydrogens is 330 g/mol. The molecule has 1 saturated heterocycles. The topological polar surface area (TPSA) is 67.5 Å². The molecule has 6 heteroatoms. The van der Waals surface area contributed by atoms with Crippen LogP contribution in [0.4, 0.5) is 0 Å². The zero-order valence-electron chi connectivity index (χ0n) is 15.1. The van der Waals surface area contributed by atoms with Crippen LogP contribution >= 0.6 is 0 Å². The molecule has 138 valence electrons. The van der Waals surface area contributed by atoms with Gasteiger partial charge in [-0.1, -0.05) is 6.07 Å². The lowest BCUT2D eigenvalue weighted by atomic mass is 10.1. The minimum atomic E-state index is 0.0684. The van der Waals surface area contributed by atoms with E-state index in [-0.39, 0.29) is 18.1 Å². The molecule has 0 radical (unpaired) electrons. The van der Waals surface area contributed by atoms with Crippen LogP contribution in [-0.2, 0) is 16.1 Å². The van der Waals surface area contributed by atoms with Crippen molar-refractivity contribution in [2.24, 2.45) is 5.92 Å². The third kappa shape index (κ3) is 3.66. The molecule has 6 nitrogen and oxygen atoms in total. The van der Waals surface area contributed by atoms with Gasteiger partial charge in [-0.3, -0.25) is 9.78 Å².